The van der Waals surface area contributed by atoms with E-state index in [0.29, 0.717) is 31.9 Å². The van der Waals surface area contributed by atoms with Gasteiger partial charge in [-0.25, -0.2) is 4.79 Å². The number of hydrogen-bond acceptors (Lipinski definition) is 4. The number of nitrogens with zero attached hydrogens (tertiary/aromatic N) is 3. The predicted molar refractivity (Wildman–Crippen MR) is 108 cm³/mol. The molecule has 0 aliphatic carbocycles. The molecule has 3 rings (SSSR count). The Kier molecular flexibility index (Phi) is 6.62. The van der Waals surface area contributed by atoms with Gasteiger partial charge in [0.25, 0.3) is 0 Å². The molecule has 0 spiro atoms. The Hall–Kier alpha value is -2.96. The van der Waals surface area contributed by atoms with Crippen molar-refractivity contribution in [3.8, 4) is 6.07 Å². The van der Waals surface area contributed by atoms with Crippen molar-refractivity contribution in [3.63, 3.8) is 0 Å². The minimum atomic E-state index is -4.63. The molecule has 2 aliphatic heterocycles. The molecule has 2 heterocycles. The monoisotopic (exact) mass is 437 g/mol. The Labute approximate surface area is 179 Å². The summed E-state index contributed by atoms with van der Waals surface area (Å²) in [6.45, 7) is 1.92. The maximum absolute atomic E-state index is 13.4. The second kappa shape index (κ2) is 9.04. The van der Waals surface area contributed by atoms with Gasteiger partial charge in [0.1, 0.15) is 0 Å². The topological polar surface area (TPSA) is 88.5 Å². The van der Waals surface area contributed by atoms with Crippen LogP contribution >= 0.6 is 0 Å². The van der Waals surface area contributed by atoms with E-state index in [-0.39, 0.29) is 29.7 Å². The fourth-order valence-corrected chi connectivity index (χ4v) is 4.73. The highest BCUT2D eigenvalue weighted by Crippen LogP contribution is 2.40. The van der Waals surface area contributed by atoms with Gasteiger partial charge in [-0.2, -0.15) is 18.4 Å². The lowest BCUT2D eigenvalue weighted by molar-refractivity contribution is -0.137. The third-order valence-corrected chi connectivity index (χ3v) is 6.39. The molecule has 2 fully saturated rings. The Morgan fingerprint density at radius 3 is 2.35 bits per heavy atom. The van der Waals surface area contributed by atoms with Crippen molar-refractivity contribution >= 4 is 17.6 Å². The summed E-state index contributed by atoms with van der Waals surface area (Å²) in [4.78, 5) is 27.9. The number of benzene rings is 1. The Balaban J connectivity index is 1.82. The molecule has 2 atom stereocenters. The van der Waals surface area contributed by atoms with Crippen molar-refractivity contribution in [2.24, 2.45) is 17.8 Å². The number of halogens is 3. The van der Waals surface area contributed by atoms with Crippen molar-refractivity contribution in [1.29, 1.82) is 5.26 Å². The first-order valence-electron chi connectivity index (χ1n) is 10.2. The summed E-state index contributed by atoms with van der Waals surface area (Å²) in [5.41, 5.74) is -1.03. The van der Waals surface area contributed by atoms with E-state index < -0.39 is 17.3 Å². The molecular weight excluding hydrogens is 411 g/mol. The van der Waals surface area contributed by atoms with Gasteiger partial charge < -0.3 is 20.4 Å². The largest absolute Gasteiger partial charge is 0.417 e. The van der Waals surface area contributed by atoms with Gasteiger partial charge >= 0.3 is 12.2 Å². The molecular formula is C21H26F3N5O2. The minimum absolute atomic E-state index is 0.0308. The van der Waals surface area contributed by atoms with E-state index in [1.807, 2.05) is 0 Å². The molecule has 168 valence electrons. The Morgan fingerprint density at radius 1 is 1.13 bits per heavy atom. The van der Waals surface area contributed by atoms with Gasteiger partial charge in [0, 0.05) is 46.0 Å². The number of carbonyl (C=O) groups is 2. The standard InChI is InChI=1S/C21H26F3N5O2/c1-26-19(30)17-12-29(15-4-3-14(10-25)18(9-15)21(22,23)24)11-16(17)13-5-7-28(8-6-13)20(31)27-2/h3-4,9,13,16-17H,5-8,11-12H2,1-2H3,(H,26,30)(H,27,31)/t16-,17+/m0/s1. The van der Waals surface area contributed by atoms with Gasteiger partial charge in [0.05, 0.1) is 23.1 Å². The molecule has 2 N–H and O–H groups in total. The smallest absolute Gasteiger partial charge is 0.370 e. The summed E-state index contributed by atoms with van der Waals surface area (Å²) in [6.07, 6.45) is -3.16. The van der Waals surface area contributed by atoms with Crippen molar-refractivity contribution in [1.82, 2.24) is 15.5 Å². The number of likely N-dealkylation sites (tertiary alicyclic amines) is 1. The summed E-state index contributed by atoms with van der Waals surface area (Å²) in [5.74, 6) is -0.331. The quantitative estimate of drug-likeness (QED) is 0.760. The van der Waals surface area contributed by atoms with Crippen LogP contribution in [0.4, 0.5) is 23.7 Å². The number of piperidine rings is 1. The van der Waals surface area contributed by atoms with Crippen LogP contribution in [0.1, 0.15) is 24.0 Å². The molecule has 2 aliphatic rings. The molecule has 0 bridgehead atoms. The highest BCUT2D eigenvalue weighted by molar-refractivity contribution is 5.80. The third-order valence-electron chi connectivity index (χ3n) is 6.39. The lowest BCUT2D eigenvalue weighted by atomic mass is 9.78. The molecule has 7 nitrogen and oxygen atoms in total. The minimum Gasteiger partial charge on any atom is -0.370 e. The zero-order valence-corrected chi connectivity index (χ0v) is 17.5. The van der Waals surface area contributed by atoms with Gasteiger partial charge in [0.2, 0.25) is 5.91 Å². The van der Waals surface area contributed by atoms with Gasteiger partial charge in [0.15, 0.2) is 0 Å². The molecule has 0 aromatic heterocycles. The number of nitriles is 1. The molecule has 1 aromatic carbocycles. The Morgan fingerprint density at radius 2 is 1.81 bits per heavy atom. The molecule has 0 saturated carbocycles. The molecule has 0 unspecified atom stereocenters. The van der Waals surface area contributed by atoms with E-state index in [4.69, 9.17) is 5.26 Å². The average molecular weight is 437 g/mol. The van der Waals surface area contributed by atoms with Gasteiger partial charge in [-0.15, -0.1) is 0 Å². The maximum atomic E-state index is 13.4. The number of urea groups is 1. The van der Waals surface area contributed by atoms with Crippen LogP contribution < -0.4 is 15.5 Å². The van der Waals surface area contributed by atoms with Gasteiger partial charge in [-0.1, -0.05) is 0 Å². The lowest BCUT2D eigenvalue weighted by Crippen LogP contribution is -2.45. The van der Waals surface area contributed by atoms with Gasteiger partial charge in [-0.3, -0.25) is 4.79 Å². The fraction of sp³-hybridized carbons (Fsp3) is 0.571. The van der Waals surface area contributed by atoms with Crippen molar-refractivity contribution in [2.45, 2.75) is 19.0 Å². The summed E-state index contributed by atoms with van der Waals surface area (Å²) >= 11 is 0. The highest BCUT2D eigenvalue weighted by atomic mass is 19.4. The fourth-order valence-electron chi connectivity index (χ4n) is 4.73. The number of amides is 3. The maximum Gasteiger partial charge on any atom is 0.417 e. The third kappa shape index (κ3) is 4.70. The zero-order chi connectivity index (χ0) is 22.8. The van der Waals surface area contributed by atoms with E-state index in [9.17, 15) is 22.8 Å². The number of rotatable bonds is 3. The SMILES string of the molecule is CNC(=O)[C@@H]1CN(c2ccc(C#N)c(C(F)(F)F)c2)C[C@H]1C1CCN(C(=O)NC)CC1. The van der Waals surface area contributed by atoms with Crippen LogP contribution in [-0.2, 0) is 11.0 Å². The van der Waals surface area contributed by atoms with E-state index in [1.54, 1.807) is 30.0 Å². The van der Waals surface area contributed by atoms with Crippen LogP contribution in [0.2, 0.25) is 0 Å². The van der Waals surface area contributed by atoms with Crippen molar-refractivity contribution in [3.05, 3.63) is 29.3 Å². The van der Waals surface area contributed by atoms with Crippen LogP contribution in [-0.4, -0.2) is 57.1 Å². The molecule has 10 heteroatoms. The first-order valence-corrected chi connectivity index (χ1v) is 10.2. The second-order valence-electron chi connectivity index (χ2n) is 8.01. The Bertz CT molecular complexity index is 875. The van der Waals surface area contributed by atoms with E-state index >= 15 is 0 Å². The summed E-state index contributed by atoms with van der Waals surface area (Å²) < 4.78 is 40.2. The highest BCUT2D eigenvalue weighted by Gasteiger charge is 2.43. The predicted octanol–water partition coefficient (Wildman–Crippen LogP) is 2.43. The first-order chi connectivity index (χ1) is 14.7. The molecule has 2 saturated heterocycles. The zero-order valence-electron chi connectivity index (χ0n) is 17.5. The second-order valence-corrected chi connectivity index (χ2v) is 8.01. The van der Waals surface area contributed by atoms with Crippen molar-refractivity contribution in [2.75, 3.05) is 45.2 Å². The van der Waals surface area contributed by atoms with Crippen LogP contribution in [0.3, 0.4) is 0 Å². The van der Waals surface area contributed by atoms with Crippen LogP contribution in [0, 0.1) is 29.1 Å². The summed E-state index contributed by atoms with van der Waals surface area (Å²) in [6, 6.07) is 5.15. The molecule has 0 radical (unpaired) electrons. The summed E-state index contributed by atoms with van der Waals surface area (Å²) in [7, 11) is 3.14. The molecule has 3 amide bonds. The number of carbonyl (C=O) groups excluding carboxylic acids is 2. The number of alkyl halides is 3. The van der Waals surface area contributed by atoms with Crippen LogP contribution in [0.15, 0.2) is 18.2 Å². The van der Waals surface area contributed by atoms with Gasteiger partial charge in [-0.05, 0) is 42.9 Å². The molecule has 31 heavy (non-hydrogen) atoms. The van der Waals surface area contributed by atoms with Crippen LogP contribution in [0.25, 0.3) is 0 Å². The number of anilines is 1. The van der Waals surface area contributed by atoms with Crippen LogP contribution in [0.5, 0.6) is 0 Å². The average Bonchev–Trinajstić information content (AvgIpc) is 3.22. The normalized spacial score (nSPS) is 22.2. The number of nitrogens with one attached hydrogen (secondary N) is 2. The first kappa shape index (κ1) is 22.7. The number of hydrogen-bond donors (Lipinski definition) is 2. The molecule has 1 aromatic rings. The van der Waals surface area contributed by atoms with E-state index in [2.05, 4.69) is 10.6 Å². The lowest BCUT2D eigenvalue weighted by Gasteiger charge is -2.36. The van der Waals surface area contributed by atoms with E-state index in [0.717, 1.165) is 18.9 Å². The van der Waals surface area contributed by atoms with Crippen molar-refractivity contribution < 1.29 is 22.8 Å². The summed E-state index contributed by atoms with van der Waals surface area (Å²) in [5, 5.41) is 14.3. The van der Waals surface area contributed by atoms with E-state index in [1.165, 1.54) is 12.1 Å².